The maximum atomic E-state index is 12.3. The SMILES string of the molecule is COc1ccc(CCC(=O)N[C@H](CCCCNC(=O)c2ccc(C(=N)N)cc2)CC(=O)O)cc1. The summed E-state index contributed by atoms with van der Waals surface area (Å²) in [6.45, 7) is 0.429. The second kappa shape index (κ2) is 13.6. The van der Waals surface area contributed by atoms with Crippen molar-refractivity contribution in [2.24, 2.45) is 5.73 Å². The number of carbonyl (C=O) groups excluding carboxylic acids is 2. The van der Waals surface area contributed by atoms with E-state index in [1.165, 1.54) is 0 Å². The van der Waals surface area contributed by atoms with E-state index in [1.54, 1.807) is 31.4 Å². The van der Waals surface area contributed by atoms with Gasteiger partial charge in [0.1, 0.15) is 11.6 Å². The molecule has 0 aliphatic carbocycles. The zero-order chi connectivity index (χ0) is 24.9. The van der Waals surface area contributed by atoms with Crippen molar-refractivity contribution < 1.29 is 24.2 Å². The number of aliphatic carboxylic acids is 1. The number of rotatable bonds is 14. The first-order valence-corrected chi connectivity index (χ1v) is 11.1. The van der Waals surface area contributed by atoms with Gasteiger partial charge in [0.15, 0.2) is 0 Å². The van der Waals surface area contributed by atoms with Gasteiger partial charge in [-0.25, -0.2) is 0 Å². The van der Waals surface area contributed by atoms with E-state index in [4.69, 9.17) is 21.0 Å². The van der Waals surface area contributed by atoms with Gasteiger partial charge in [0.2, 0.25) is 5.91 Å². The molecule has 0 heterocycles. The molecule has 0 aliphatic heterocycles. The van der Waals surface area contributed by atoms with E-state index in [-0.39, 0.29) is 30.5 Å². The molecule has 2 aromatic rings. The van der Waals surface area contributed by atoms with Crippen LogP contribution in [0, 0.1) is 5.41 Å². The van der Waals surface area contributed by atoms with Crippen molar-refractivity contribution in [1.29, 1.82) is 5.41 Å². The Balaban J connectivity index is 1.72. The number of hydrogen-bond donors (Lipinski definition) is 5. The molecule has 34 heavy (non-hydrogen) atoms. The van der Waals surface area contributed by atoms with E-state index in [0.717, 1.165) is 11.3 Å². The van der Waals surface area contributed by atoms with E-state index in [1.807, 2.05) is 24.3 Å². The Kier molecular flexibility index (Phi) is 10.6. The summed E-state index contributed by atoms with van der Waals surface area (Å²) in [4.78, 5) is 35.7. The molecule has 0 saturated heterocycles. The first-order chi connectivity index (χ1) is 16.3. The summed E-state index contributed by atoms with van der Waals surface area (Å²) in [6, 6.07) is 13.4. The van der Waals surface area contributed by atoms with E-state index in [0.29, 0.717) is 43.4 Å². The predicted octanol–water partition coefficient (Wildman–Crippen LogP) is 2.47. The third kappa shape index (κ3) is 9.32. The van der Waals surface area contributed by atoms with Crippen LogP contribution in [0.15, 0.2) is 48.5 Å². The molecule has 182 valence electrons. The molecule has 9 heteroatoms. The number of aryl methyl sites for hydroxylation is 1. The first-order valence-electron chi connectivity index (χ1n) is 11.1. The maximum absolute atomic E-state index is 12.3. The lowest BCUT2D eigenvalue weighted by Crippen LogP contribution is -2.36. The molecule has 0 aromatic heterocycles. The number of nitrogen functional groups attached to an aromatic ring is 1. The van der Waals surface area contributed by atoms with Crippen LogP contribution < -0.4 is 21.1 Å². The Hall–Kier alpha value is -3.88. The molecule has 0 aliphatic rings. The number of hydrogen-bond acceptors (Lipinski definition) is 5. The summed E-state index contributed by atoms with van der Waals surface area (Å²) in [7, 11) is 1.59. The molecule has 0 spiro atoms. The van der Waals surface area contributed by atoms with Crippen molar-refractivity contribution >= 4 is 23.6 Å². The molecule has 0 unspecified atom stereocenters. The lowest BCUT2D eigenvalue weighted by Gasteiger charge is -2.17. The Morgan fingerprint density at radius 1 is 1.03 bits per heavy atom. The van der Waals surface area contributed by atoms with Gasteiger partial charge >= 0.3 is 5.97 Å². The van der Waals surface area contributed by atoms with Crippen molar-refractivity contribution in [2.45, 2.75) is 44.6 Å². The molecule has 2 amide bonds. The summed E-state index contributed by atoms with van der Waals surface area (Å²) in [5, 5.41) is 22.2. The van der Waals surface area contributed by atoms with Crippen LogP contribution in [0.2, 0.25) is 0 Å². The minimum absolute atomic E-state index is 0.0595. The number of benzene rings is 2. The van der Waals surface area contributed by atoms with Crippen LogP contribution in [0.3, 0.4) is 0 Å². The van der Waals surface area contributed by atoms with Gasteiger partial charge in [-0.15, -0.1) is 0 Å². The molecule has 0 bridgehead atoms. The van der Waals surface area contributed by atoms with Crippen LogP contribution in [-0.2, 0) is 16.0 Å². The first kappa shape index (κ1) is 26.4. The van der Waals surface area contributed by atoms with Gasteiger partial charge in [-0.2, -0.15) is 0 Å². The largest absolute Gasteiger partial charge is 0.497 e. The number of amidine groups is 1. The number of carboxylic acids is 1. The Morgan fingerprint density at radius 3 is 2.26 bits per heavy atom. The van der Waals surface area contributed by atoms with Crippen molar-refractivity contribution in [3.05, 3.63) is 65.2 Å². The number of carboxylic acid groups (broad SMARTS) is 1. The molecule has 0 saturated carbocycles. The highest BCUT2D eigenvalue weighted by atomic mass is 16.5. The highest BCUT2D eigenvalue weighted by Crippen LogP contribution is 2.13. The molecule has 2 aromatic carbocycles. The molecule has 6 N–H and O–H groups in total. The monoisotopic (exact) mass is 468 g/mol. The highest BCUT2D eigenvalue weighted by Gasteiger charge is 2.16. The normalized spacial score (nSPS) is 11.3. The van der Waals surface area contributed by atoms with E-state index in [2.05, 4.69) is 10.6 Å². The topological polar surface area (TPSA) is 155 Å². The minimum atomic E-state index is -0.970. The summed E-state index contributed by atoms with van der Waals surface area (Å²) in [6.07, 6.45) is 2.47. The van der Waals surface area contributed by atoms with Crippen molar-refractivity contribution in [2.75, 3.05) is 13.7 Å². The van der Waals surface area contributed by atoms with Crippen LogP contribution in [0.1, 0.15) is 53.6 Å². The molecule has 0 radical (unpaired) electrons. The molecule has 1 atom stereocenters. The fourth-order valence-corrected chi connectivity index (χ4v) is 3.41. The average molecular weight is 469 g/mol. The van der Waals surface area contributed by atoms with Crippen LogP contribution in [0.25, 0.3) is 0 Å². The van der Waals surface area contributed by atoms with Gasteiger partial charge in [-0.05, 0) is 55.5 Å². The van der Waals surface area contributed by atoms with E-state index >= 15 is 0 Å². The van der Waals surface area contributed by atoms with Crippen LogP contribution in [0.5, 0.6) is 5.75 Å². The lowest BCUT2D eigenvalue weighted by molar-refractivity contribution is -0.137. The quantitative estimate of drug-likeness (QED) is 0.163. The van der Waals surface area contributed by atoms with Crippen molar-refractivity contribution in [3.63, 3.8) is 0 Å². The van der Waals surface area contributed by atoms with E-state index < -0.39 is 12.0 Å². The number of unbranched alkanes of at least 4 members (excludes halogenated alkanes) is 1. The second-order valence-corrected chi connectivity index (χ2v) is 7.95. The van der Waals surface area contributed by atoms with Crippen LogP contribution in [-0.4, -0.2) is 48.4 Å². The smallest absolute Gasteiger partial charge is 0.305 e. The number of amides is 2. The fraction of sp³-hybridized carbons (Fsp3) is 0.360. The highest BCUT2D eigenvalue weighted by molar-refractivity contribution is 5.98. The number of ether oxygens (including phenoxy) is 1. The van der Waals surface area contributed by atoms with Gasteiger partial charge < -0.3 is 26.2 Å². The van der Waals surface area contributed by atoms with Gasteiger partial charge in [0, 0.05) is 30.1 Å². The predicted molar refractivity (Wildman–Crippen MR) is 129 cm³/mol. The Labute approximate surface area is 199 Å². The van der Waals surface area contributed by atoms with Crippen LogP contribution >= 0.6 is 0 Å². The summed E-state index contributed by atoms with van der Waals surface area (Å²) < 4.78 is 5.12. The number of nitrogens with two attached hydrogens (primary N) is 1. The molecule has 9 nitrogen and oxygen atoms in total. The molecule has 0 fully saturated rings. The number of carbonyl (C=O) groups is 3. The van der Waals surface area contributed by atoms with Crippen molar-refractivity contribution in [1.82, 2.24) is 10.6 Å². The zero-order valence-corrected chi connectivity index (χ0v) is 19.3. The van der Waals surface area contributed by atoms with Crippen LogP contribution in [0.4, 0.5) is 0 Å². The standard InChI is InChI=1S/C25H32N4O5/c1-34-21-12-5-17(6-13-21)7-14-22(30)29-20(16-23(31)32)4-2-3-15-28-25(33)19-10-8-18(9-11-19)24(26)27/h5-6,8-13,20H,2-4,7,14-16H2,1H3,(H3,26,27)(H,28,33)(H,29,30)(H,31,32)/t20-/m1/s1. The Morgan fingerprint density at radius 2 is 1.68 bits per heavy atom. The molecular formula is C25H32N4O5. The summed E-state index contributed by atoms with van der Waals surface area (Å²) >= 11 is 0. The van der Waals surface area contributed by atoms with Gasteiger partial charge in [-0.3, -0.25) is 19.8 Å². The zero-order valence-electron chi connectivity index (χ0n) is 19.3. The van der Waals surface area contributed by atoms with E-state index in [9.17, 15) is 14.4 Å². The van der Waals surface area contributed by atoms with Gasteiger partial charge in [-0.1, -0.05) is 24.3 Å². The number of nitrogens with one attached hydrogen (secondary N) is 3. The fourth-order valence-electron chi connectivity index (χ4n) is 3.41. The number of methoxy groups -OCH3 is 1. The average Bonchev–Trinajstić information content (AvgIpc) is 2.82. The van der Waals surface area contributed by atoms with Gasteiger partial charge in [0.05, 0.1) is 13.5 Å². The lowest BCUT2D eigenvalue weighted by atomic mass is 10.0. The summed E-state index contributed by atoms with van der Waals surface area (Å²) in [5.41, 5.74) is 7.42. The Bertz CT molecular complexity index is 974. The molecular weight excluding hydrogens is 436 g/mol. The second-order valence-electron chi connectivity index (χ2n) is 7.95. The molecule has 2 rings (SSSR count). The third-order valence-electron chi connectivity index (χ3n) is 5.31. The summed E-state index contributed by atoms with van der Waals surface area (Å²) in [5.74, 6) is -0.705. The minimum Gasteiger partial charge on any atom is -0.497 e. The van der Waals surface area contributed by atoms with Crippen molar-refractivity contribution in [3.8, 4) is 5.75 Å². The maximum Gasteiger partial charge on any atom is 0.305 e. The third-order valence-corrected chi connectivity index (χ3v) is 5.31. The van der Waals surface area contributed by atoms with Gasteiger partial charge in [0.25, 0.3) is 5.91 Å².